The van der Waals surface area contributed by atoms with Crippen LogP contribution in [-0.2, 0) is 16.5 Å². The van der Waals surface area contributed by atoms with Crippen molar-refractivity contribution < 1.29 is 13.0 Å². The lowest BCUT2D eigenvalue weighted by molar-refractivity contribution is 0.496. The number of allylic oxidation sites excluding steroid dienone is 1. The first-order valence-corrected chi connectivity index (χ1v) is 5.65. The molecular formula is C9H9NO3S. The lowest BCUT2D eigenvalue weighted by Crippen LogP contribution is -2.09. The van der Waals surface area contributed by atoms with Crippen LogP contribution in [0.15, 0.2) is 24.4 Å². The number of aryl methyl sites for hydroxylation is 1. The number of fused-ring (bicyclic) bond motifs is 1. The first-order valence-electron chi connectivity index (χ1n) is 4.21. The summed E-state index contributed by atoms with van der Waals surface area (Å²) in [5, 5.41) is 0. The molecule has 0 radical (unpaired) electrons. The van der Waals surface area contributed by atoms with E-state index in [-0.39, 0.29) is 4.91 Å². The lowest BCUT2D eigenvalue weighted by Gasteiger charge is -2.13. The number of aromatic nitrogens is 1. The monoisotopic (exact) mass is 211 g/mol. The zero-order valence-corrected chi connectivity index (χ0v) is 8.16. The van der Waals surface area contributed by atoms with Gasteiger partial charge in [-0.15, -0.1) is 0 Å². The second-order valence-electron chi connectivity index (χ2n) is 3.08. The van der Waals surface area contributed by atoms with Gasteiger partial charge in [-0.25, -0.2) is 0 Å². The van der Waals surface area contributed by atoms with Crippen molar-refractivity contribution in [2.24, 2.45) is 0 Å². The van der Waals surface area contributed by atoms with Crippen molar-refractivity contribution >= 4 is 15.0 Å². The van der Waals surface area contributed by atoms with Gasteiger partial charge in [0.2, 0.25) is 0 Å². The summed E-state index contributed by atoms with van der Waals surface area (Å²) in [4.78, 5) is 4.05. The van der Waals surface area contributed by atoms with Crippen molar-refractivity contribution in [2.75, 3.05) is 0 Å². The van der Waals surface area contributed by atoms with Crippen molar-refractivity contribution in [1.82, 2.24) is 4.98 Å². The van der Waals surface area contributed by atoms with Crippen LogP contribution in [0.25, 0.3) is 4.91 Å². The molecule has 0 spiro atoms. The first kappa shape index (κ1) is 9.36. The Morgan fingerprint density at radius 3 is 2.93 bits per heavy atom. The fourth-order valence-corrected chi connectivity index (χ4v) is 2.35. The zero-order chi connectivity index (χ0) is 10.2. The largest absolute Gasteiger partial charge is 0.294 e. The minimum atomic E-state index is -4.12. The molecule has 1 aliphatic rings. The van der Waals surface area contributed by atoms with E-state index in [9.17, 15) is 8.42 Å². The molecular weight excluding hydrogens is 202 g/mol. The van der Waals surface area contributed by atoms with Gasteiger partial charge in [0.1, 0.15) is 0 Å². The Morgan fingerprint density at radius 1 is 1.43 bits per heavy atom. The number of nitrogens with zero attached hydrogens (tertiary/aromatic N) is 1. The van der Waals surface area contributed by atoms with E-state index in [0.717, 1.165) is 12.1 Å². The van der Waals surface area contributed by atoms with Crippen LogP contribution in [-0.4, -0.2) is 18.0 Å². The van der Waals surface area contributed by atoms with E-state index >= 15 is 0 Å². The van der Waals surface area contributed by atoms with Crippen LogP contribution in [0.2, 0.25) is 0 Å². The third kappa shape index (κ3) is 1.56. The van der Waals surface area contributed by atoms with Crippen LogP contribution < -0.4 is 0 Å². The standard InChI is InChI=1S/C9H9NO3S/c11-14(12,13)9-5-1-4-8-7(9)3-2-6-10-8/h2-3,5-6H,1,4H2,(H,11,12,13). The molecule has 0 aromatic carbocycles. The Bertz CT molecular complexity index is 491. The zero-order valence-electron chi connectivity index (χ0n) is 7.34. The molecule has 74 valence electrons. The quantitative estimate of drug-likeness (QED) is 0.710. The topological polar surface area (TPSA) is 67.3 Å². The van der Waals surface area contributed by atoms with Crippen LogP contribution in [0.3, 0.4) is 0 Å². The molecule has 0 amide bonds. The summed E-state index contributed by atoms with van der Waals surface area (Å²) >= 11 is 0. The van der Waals surface area contributed by atoms with Gasteiger partial charge < -0.3 is 0 Å². The summed E-state index contributed by atoms with van der Waals surface area (Å²) in [5.41, 5.74) is 1.24. The highest BCUT2D eigenvalue weighted by Gasteiger charge is 2.22. The van der Waals surface area contributed by atoms with E-state index in [1.165, 1.54) is 6.08 Å². The molecule has 0 aliphatic heterocycles. The summed E-state index contributed by atoms with van der Waals surface area (Å²) in [5.74, 6) is 0. The summed E-state index contributed by atoms with van der Waals surface area (Å²) in [6, 6.07) is 3.31. The minimum absolute atomic E-state index is 0.0214. The van der Waals surface area contributed by atoms with Crippen LogP contribution >= 0.6 is 0 Å². The van der Waals surface area contributed by atoms with Crippen LogP contribution in [0.5, 0.6) is 0 Å². The van der Waals surface area contributed by atoms with Gasteiger partial charge in [-0.3, -0.25) is 9.54 Å². The Kier molecular flexibility index (Phi) is 2.13. The normalized spacial score (nSPS) is 15.9. The second-order valence-corrected chi connectivity index (χ2v) is 4.47. The molecule has 0 atom stereocenters. The molecule has 1 aromatic heterocycles. The maximum absolute atomic E-state index is 11.0. The molecule has 5 heteroatoms. The minimum Gasteiger partial charge on any atom is -0.282 e. The van der Waals surface area contributed by atoms with Crippen LogP contribution in [0, 0.1) is 0 Å². The molecule has 4 nitrogen and oxygen atoms in total. The highest BCUT2D eigenvalue weighted by Crippen LogP contribution is 2.27. The van der Waals surface area contributed by atoms with Gasteiger partial charge in [0, 0.05) is 17.5 Å². The SMILES string of the molecule is O=S(=O)(O)C1=CCCc2ncccc21. The average Bonchev–Trinajstić information content (AvgIpc) is 2.15. The first-order chi connectivity index (χ1) is 6.59. The molecule has 1 N–H and O–H groups in total. The second kappa shape index (κ2) is 3.18. The van der Waals surface area contributed by atoms with Gasteiger partial charge in [-0.2, -0.15) is 8.42 Å². The Balaban J connectivity index is 2.62. The molecule has 14 heavy (non-hydrogen) atoms. The molecule has 0 bridgehead atoms. The van der Waals surface area contributed by atoms with E-state index in [0.29, 0.717) is 12.0 Å². The fraction of sp³-hybridized carbons (Fsp3) is 0.222. The van der Waals surface area contributed by atoms with Gasteiger partial charge in [-0.1, -0.05) is 12.1 Å². The molecule has 0 saturated carbocycles. The van der Waals surface area contributed by atoms with Crippen LogP contribution in [0.1, 0.15) is 17.7 Å². The van der Waals surface area contributed by atoms with Crippen LogP contribution in [0.4, 0.5) is 0 Å². The molecule has 1 aliphatic carbocycles. The Hall–Kier alpha value is -1.20. The average molecular weight is 211 g/mol. The highest BCUT2D eigenvalue weighted by atomic mass is 32.2. The number of rotatable bonds is 1. The predicted molar refractivity (Wildman–Crippen MR) is 52.1 cm³/mol. The van der Waals surface area contributed by atoms with Gasteiger partial charge in [0.25, 0.3) is 10.1 Å². The third-order valence-electron chi connectivity index (χ3n) is 2.14. The smallest absolute Gasteiger partial charge is 0.282 e. The van der Waals surface area contributed by atoms with E-state index < -0.39 is 10.1 Å². The molecule has 2 rings (SSSR count). The maximum Gasteiger partial charge on any atom is 0.294 e. The summed E-state index contributed by atoms with van der Waals surface area (Å²) in [6.07, 6.45) is 4.46. The van der Waals surface area contributed by atoms with E-state index in [2.05, 4.69) is 4.98 Å². The summed E-state index contributed by atoms with van der Waals surface area (Å²) < 4.78 is 31.0. The molecule has 0 fully saturated rings. The van der Waals surface area contributed by atoms with Crippen molar-refractivity contribution in [3.8, 4) is 0 Å². The van der Waals surface area contributed by atoms with E-state index in [4.69, 9.17) is 4.55 Å². The summed E-state index contributed by atoms with van der Waals surface area (Å²) in [6.45, 7) is 0. The molecule has 0 saturated heterocycles. The summed E-state index contributed by atoms with van der Waals surface area (Å²) in [7, 11) is -4.12. The number of hydrogen-bond donors (Lipinski definition) is 1. The van der Waals surface area contributed by atoms with Crippen molar-refractivity contribution in [2.45, 2.75) is 12.8 Å². The maximum atomic E-state index is 11.0. The van der Waals surface area contributed by atoms with E-state index in [1.54, 1.807) is 18.3 Å². The van der Waals surface area contributed by atoms with Crippen molar-refractivity contribution in [1.29, 1.82) is 0 Å². The molecule has 1 heterocycles. The van der Waals surface area contributed by atoms with Crippen molar-refractivity contribution in [3.05, 3.63) is 35.7 Å². The van der Waals surface area contributed by atoms with Gasteiger partial charge in [-0.05, 0) is 18.9 Å². The number of pyridine rings is 1. The fourth-order valence-electron chi connectivity index (χ4n) is 1.56. The van der Waals surface area contributed by atoms with E-state index in [1.807, 2.05) is 0 Å². The van der Waals surface area contributed by atoms with Gasteiger partial charge in [0.05, 0.1) is 4.91 Å². The highest BCUT2D eigenvalue weighted by molar-refractivity contribution is 7.95. The van der Waals surface area contributed by atoms with Gasteiger partial charge >= 0.3 is 0 Å². The third-order valence-corrected chi connectivity index (χ3v) is 3.09. The van der Waals surface area contributed by atoms with Gasteiger partial charge in [0.15, 0.2) is 0 Å². The Labute approximate surface area is 82.0 Å². The lowest BCUT2D eigenvalue weighted by atomic mass is 10.0. The number of hydrogen-bond acceptors (Lipinski definition) is 3. The Morgan fingerprint density at radius 2 is 2.21 bits per heavy atom. The predicted octanol–water partition coefficient (Wildman–Crippen LogP) is 1.26. The molecule has 1 aromatic rings. The van der Waals surface area contributed by atoms with Crippen molar-refractivity contribution in [3.63, 3.8) is 0 Å². The molecule has 0 unspecified atom stereocenters.